The molecule has 4 bridgehead atoms. The molecule has 0 spiro atoms. The lowest BCUT2D eigenvalue weighted by molar-refractivity contribution is -0.140. The van der Waals surface area contributed by atoms with Gasteiger partial charge in [0.1, 0.15) is 9.84 Å². The van der Waals surface area contributed by atoms with E-state index in [4.69, 9.17) is 0 Å². The molecule has 26 heavy (non-hydrogen) atoms. The monoisotopic (exact) mass is 446 g/mol. The molecule has 1 aliphatic heterocycles. The average Bonchev–Trinajstić information content (AvgIpc) is 2.50. The van der Waals surface area contributed by atoms with Crippen molar-refractivity contribution in [3.8, 4) is 0 Å². The molecule has 1 heterocycles. The summed E-state index contributed by atoms with van der Waals surface area (Å²) in [6.07, 6.45) is 9.66. The second kappa shape index (κ2) is 6.73. The van der Waals surface area contributed by atoms with Gasteiger partial charge in [0.15, 0.2) is 0 Å². The first-order chi connectivity index (χ1) is 12.1. The van der Waals surface area contributed by atoms with E-state index in [1.54, 1.807) is 0 Å². The maximum absolute atomic E-state index is 13.0. The Morgan fingerprint density at radius 2 is 1.69 bits per heavy atom. The fraction of sp³-hybridized carbons (Fsp3) is 0.947. The third-order valence-electron chi connectivity index (χ3n) is 7.14. The van der Waals surface area contributed by atoms with Crippen molar-refractivity contribution in [2.75, 3.05) is 44.7 Å². The first-order valence-corrected chi connectivity index (χ1v) is 12.9. The van der Waals surface area contributed by atoms with Crippen LogP contribution in [0, 0.1) is 17.3 Å². The van der Waals surface area contributed by atoms with Crippen LogP contribution in [0.25, 0.3) is 0 Å². The summed E-state index contributed by atoms with van der Waals surface area (Å²) in [6, 6.07) is 0. The fourth-order valence-electron chi connectivity index (χ4n) is 6.49. The second-order valence-corrected chi connectivity index (χ2v) is 13.6. The van der Waals surface area contributed by atoms with Crippen molar-refractivity contribution in [1.29, 1.82) is 0 Å². The van der Waals surface area contributed by atoms with Crippen LogP contribution >= 0.6 is 15.9 Å². The van der Waals surface area contributed by atoms with Crippen LogP contribution in [-0.2, 0) is 14.6 Å². The molecular formula is C19H31BrN2O3S. The Morgan fingerprint density at radius 1 is 1.08 bits per heavy atom. The number of hydrogen-bond acceptors (Lipinski definition) is 4. The minimum Gasteiger partial charge on any atom is -0.340 e. The highest BCUT2D eigenvalue weighted by Gasteiger charge is 2.57. The molecule has 1 saturated heterocycles. The van der Waals surface area contributed by atoms with E-state index < -0.39 is 9.84 Å². The van der Waals surface area contributed by atoms with Crippen LogP contribution in [0.1, 0.15) is 44.9 Å². The van der Waals surface area contributed by atoms with Gasteiger partial charge in [-0.25, -0.2) is 8.42 Å². The molecule has 0 radical (unpaired) electrons. The number of hydrogen-bond donors (Lipinski definition) is 0. The predicted molar refractivity (Wildman–Crippen MR) is 106 cm³/mol. The van der Waals surface area contributed by atoms with E-state index in [9.17, 15) is 13.2 Å². The molecule has 5 nitrogen and oxygen atoms in total. The standard InChI is InChI=1S/C19H31BrN2O3S/c1-26(24,25)7-6-21-2-4-22(5-3-21)17(23)13-18-9-15-8-16(10-18)12-19(20,11-15)14-18/h15-16H,2-14H2,1H3. The van der Waals surface area contributed by atoms with Gasteiger partial charge in [-0.05, 0) is 55.8 Å². The molecule has 5 aliphatic rings. The van der Waals surface area contributed by atoms with Crippen molar-refractivity contribution in [2.45, 2.75) is 49.3 Å². The Balaban J connectivity index is 1.31. The molecule has 1 amide bonds. The SMILES string of the molecule is CS(=O)(=O)CCN1CCN(C(=O)CC23CC4CC(CC(Br)(C4)C2)C3)CC1. The maximum Gasteiger partial charge on any atom is 0.223 e. The van der Waals surface area contributed by atoms with E-state index in [0.29, 0.717) is 16.8 Å². The number of sulfone groups is 1. The number of carbonyl (C=O) groups is 1. The topological polar surface area (TPSA) is 57.7 Å². The molecule has 0 aromatic carbocycles. The molecule has 7 heteroatoms. The average molecular weight is 447 g/mol. The minimum absolute atomic E-state index is 0.208. The summed E-state index contributed by atoms with van der Waals surface area (Å²) in [5.41, 5.74) is 0.234. The van der Waals surface area contributed by atoms with Crippen molar-refractivity contribution in [3.05, 3.63) is 0 Å². The maximum atomic E-state index is 13.0. The third-order valence-corrected chi connectivity index (χ3v) is 8.99. The Kier molecular flexibility index (Phi) is 4.97. The molecular weight excluding hydrogens is 416 g/mol. The quantitative estimate of drug-likeness (QED) is 0.607. The van der Waals surface area contributed by atoms with Crippen LogP contribution in [0.2, 0.25) is 0 Å². The molecule has 2 unspecified atom stereocenters. The highest BCUT2D eigenvalue weighted by atomic mass is 79.9. The van der Waals surface area contributed by atoms with Crippen LogP contribution in [0.3, 0.4) is 0 Å². The highest BCUT2D eigenvalue weighted by molar-refractivity contribution is 9.10. The third kappa shape index (κ3) is 4.14. The van der Waals surface area contributed by atoms with E-state index >= 15 is 0 Å². The highest BCUT2D eigenvalue weighted by Crippen LogP contribution is 2.65. The number of nitrogens with zero attached hydrogens (tertiary/aromatic N) is 2. The summed E-state index contributed by atoms with van der Waals surface area (Å²) in [5.74, 6) is 2.17. The van der Waals surface area contributed by atoms with Crippen molar-refractivity contribution < 1.29 is 13.2 Å². The lowest BCUT2D eigenvalue weighted by Crippen LogP contribution is -2.55. The Labute approximate surface area is 165 Å². The van der Waals surface area contributed by atoms with E-state index in [1.807, 2.05) is 4.90 Å². The Hall–Kier alpha value is -0.140. The van der Waals surface area contributed by atoms with E-state index in [-0.39, 0.29) is 11.2 Å². The first kappa shape index (κ1) is 19.2. The molecule has 4 saturated carbocycles. The minimum atomic E-state index is -2.92. The summed E-state index contributed by atoms with van der Waals surface area (Å²) in [6.45, 7) is 3.65. The van der Waals surface area contributed by atoms with Crippen molar-refractivity contribution in [1.82, 2.24) is 9.80 Å². The number of halogens is 1. The molecule has 5 fully saturated rings. The zero-order chi connectivity index (χ0) is 18.6. The van der Waals surface area contributed by atoms with Crippen molar-refractivity contribution >= 4 is 31.7 Å². The number of rotatable bonds is 5. The Morgan fingerprint density at radius 3 is 2.23 bits per heavy atom. The normalized spacial score (nSPS) is 40.2. The van der Waals surface area contributed by atoms with Gasteiger partial charge in [-0.3, -0.25) is 9.69 Å². The summed E-state index contributed by atoms with van der Waals surface area (Å²) < 4.78 is 23.0. The zero-order valence-electron chi connectivity index (χ0n) is 15.8. The lowest BCUT2D eigenvalue weighted by Gasteiger charge is -2.60. The summed E-state index contributed by atoms with van der Waals surface area (Å²) in [5, 5.41) is 0. The number of amides is 1. The molecule has 0 aromatic heterocycles. The lowest BCUT2D eigenvalue weighted by atomic mass is 9.48. The van der Waals surface area contributed by atoms with Gasteiger partial charge >= 0.3 is 0 Å². The van der Waals surface area contributed by atoms with E-state index in [1.165, 1.54) is 44.8 Å². The fourth-order valence-corrected chi connectivity index (χ4v) is 8.59. The van der Waals surface area contributed by atoms with Crippen molar-refractivity contribution in [3.63, 3.8) is 0 Å². The number of carbonyl (C=O) groups excluding carboxylic acids is 1. The molecule has 5 rings (SSSR count). The van der Waals surface area contributed by atoms with E-state index in [2.05, 4.69) is 20.8 Å². The van der Waals surface area contributed by atoms with Crippen molar-refractivity contribution in [2.24, 2.45) is 17.3 Å². The first-order valence-electron chi connectivity index (χ1n) is 10.0. The van der Waals surface area contributed by atoms with Gasteiger partial charge in [-0.1, -0.05) is 15.9 Å². The largest absolute Gasteiger partial charge is 0.340 e. The van der Waals surface area contributed by atoms with Gasteiger partial charge in [0.2, 0.25) is 5.91 Å². The van der Waals surface area contributed by atoms with Gasteiger partial charge < -0.3 is 4.90 Å². The van der Waals surface area contributed by atoms with Crippen LogP contribution in [0.5, 0.6) is 0 Å². The smallest absolute Gasteiger partial charge is 0.223 e. The molecule has 4 aliphatic carbocycles. The zero-order valence-corrected chi connectivity index (χ0v) is 18.2. The molecule has 0 aromatic rings. The predicted octanol–water partition coefficient (Wildman–Crippen LogP) is 2.30. The summed E-state index contributed by atoms with van der Waals surface area (Å²) >= 11 is 4.04. The van der Waals surface area contributed by atoms with E-state index in [0.717, 1.165) is 44.4 Å². The van der Waals surface area contributed by atoms with Gasteiger partial charge in [-0.15, -0.1) is 0 Å². The Bertz CT molecular complexity index is 658. The molecule has 0 N–H and O–H groups in total. The van der Waals surface area contributed by atoms with Crippen LogP contribution in [-0.4, -0.2) is 73.2 Å². The number of piperazine rings is 1. The number of alkyl halides is 1. The van der Waals surface area contributed by atoms with Crippen LogP contribution in [0.4, 0.5) is 0 Å². The van der Waals surface area contributed by atoms with Crippen LogP contribution < -0.4 is 0 Å². The van der Waals surface area contributed by atoms with Crippen LogP contribution in [0.15, 0.2) is 0 Å². The second-order valence-electron chi connectivity index (χ2n) is 9.64. The summed E-state index contributed by atoms with van der Waals surface area (Å²) in [4.78, 5) is 17.2. The summed E-state index contributed by atoms with van der Waals surface area (Å²) in [7, 11) is -2.92. The van der Waals surface area contributed by atoms with Gasteiger partial charge in [0.25, 0.3) is 0 Å². The molecule has 2 atom stereocenters. The van der Waals surface area contributed by atoms with Gasteiger partial charge in [0.05, 0.1) is 5.75 Å². The van der Waals surface area contributed by atoms with Gasteiger partial charge in [-0.2, -0.15) is 0 Å². The van der Waals surface area contributed by atoms with Gasteiger partial charge in [0, 0.05) is 49.7 Å². The molecule has 148 valence electrons.